The van der Waals surface area contributed by atoms with Gasteiger partial charge in [0.1, 0.15) is 0 Å². The molecule has 0 saturated heterocycles. The van der Waals surface area contributed by atoms with Crippen LogP contribution in [-0.2, 0) is 20.0 Å². The van der Waals surface area contributed by atoms with Crippen LogP contribution in [0.2, 0.25) is 0 Å². The average Bonchev–Trinajstić information content (AvgIpc) is 3.12. The zero-order valence-electron chi connectivity index (χ0n) is 20.8. The number of fused-ring (bicyclic) bond motifs is 1. The van der Waals surface area contributed by atoms with E-state index in [2.05, 4.69) is 48.6 Å². The number of aryl methyl sites for hydroxylation is 2. The van der Waals surface area contributed by atoms with Crippen molar-refractivity contribution < 1.29 is 4.74 Å². The number of hydrogen-bond acceptors (Lipinski definition) is 5. The molecule has 0 saturated carbocycles. The zero-order chi connectivity index (χ0) is 24.4. The highest BCUT2D eigenvalue weighted by Crippen LogP contribution is 2.37. The Balaban J connectivity index is 1.92. The Labute approximate surface area is 200 Å². The standard InChI is InChI=1S/C27H33N5O2/c1-7-23-18(5)25-26(32(23)17(3)4)22(29-15-19-11-12-24(33)31(6)16-19)14-21(30-25)20-10-9-13-28-27(20)34-8-2/h9-14,16-17H,7-8,15H2,1-6H3,(H,29,30). The summed E-state index contributed by atoms with van der Waals surface area (Å²) in [5, 5.41) is 3.63. The van der Waals surface area contributed by atoms with Crippen molar-refractivity contribution in [3.05, 3.63) is 69.9 Å². The highest BCUT2D eigenvalue weighted by molar-refractivity contribution is 5.95. The third-order valence-corrected chi connectivity index (χ3v) is 6.12. The molecule has 7 nitrogen and oxygen atoms in total. The largest absolute Gasteiger partial charge is 0.477 e. The maximum Gasteiger partial charge on any atom is 0.250 e. The first-order valence-electron chi connectivity index (χ1n) is 11.9. The van der Waals surface area contributed by atoms with Gasteiger partial charge in [0.05, 0.1) is 34.6 Å². The Morgan fingerprint density at radius 1 is 1.18 bits per heavy atom. The zero-order valence-corrected chi connectivity index (χ0v) is 20.8. The molecule has 4 aromatic rings. The van der Waals surface area contributed by atoms with Crippen LogP contribution in [0.1, 0.15) is 50.6 Å². The molecule has 34 heavy (non-hydrogen) atoms. The van der Waals surface area contributed by atoms with Crippen LogP contribution in [0, 0.1) is 6.92 Å². The average molecular weight is 460 g/mol. The summed E-state index contributed by atoms with van der Waals surface area (Å²) < 4.78 is 9.79. The fourth-order valence-corrected chi connectivity index (χ4v) is 4.56. The Hall–Kier alpha value is -3.61. The molecule has 0 fully saturated rings. The first-order chi connectivity index (χ1) is 16.3. The predicted molar refractivity (Wildman–Crippen MR) is 138 cm³/mol. The Kier molecular flexibility index (Phi) is 6.72. The molecule has 0 aliphatic heterocycles. The lowest BCUT2D eigenvalue weighted by atomic mass is 10.1. The molecule has 0 aliphatic carbocycles. The smallest absolute Gasteiger partial charge is 0.250 e. The fourth-order valence-electron chi connectivity index (χ4n) is 4.56. The number of anilines is 1. The minimum absolute atomic E-state index is 0.0192. The molecule has 0 atom stereocenters. The van der Waals surface area contributed by atoms with Gasteiger partial charge in [0.2, 0.25) is 11.4 Å². The van der Waals surface area contributed by atoms with Gasteiger partial charge >= 0.3 is 0 Å². The molecule has 4 rings (SSSR count). The van der Waals surface area contributed by atoms with Crippen molar-refractivity contribution in [2.75, 3.05) is 11.9 Å². The molecule has 7 heteroatoms. The van der Waals surface area contributed by atoms with E-state index in [1.165, 1.54) is 11.3 Å². The number of rotatable bonds is 8. The summed E-state index contributed by atoms with van der Waals surface area (Å²) in [6.45, 7) is 11.8. The lowest BCUT2D eigenvalue weighted by Gasteiger charge is -2.18. The number of pyridine rings is 3. The van der Waals surface area contributed by atoms with E-state index < -0.39 is 0 Å². The lowest BCUT2D eigenvalue weighted by Crippen LogP contribution is -2.16. The summed E-state index contributed by atoms with van der Waals surface area (Å²) in [5.74, 6) is 0.581. The number of nitrogens with one attached hydrogen (secondary N) is 1. The Morgan fingerprint density at radius 3 is 2.65 bits per heavy atom. The third-order valence-electron chi connectivity index (χ3n) is 6.12. The van der Waals surface area contributed by atoms with Crippen molar-refractivity contribution in [1.82, 2.24) is 19.1 Å². The van der Waals surface area contributed by atoms with Gasteiger partial charge in [0.15, 0.2) is 0 Å². The number of nitrogens with zero attached hydrogens (tertiary/aromatic N) is 4. The Morgan fingerprint density at radius 2 is 1.97 bits per heavy atom. The molecule has 1 N–H and O–H groups in total. The van der Waals surface area contributed by atoms with E-state index >= 15 is 0 Å². The van der Waals surface area contributed by atoms with E-state index in [0.29, 0.717) is 19.0 Å². The molecule has 0 radical (unpaired) electrons. The molecular formula is C27H33N5O2. The summed E-state index contributed by atoms with van der Waals surface area (Å²) >= 11 is 0. The summed E-state index contributed by atoms with van der Waals surface area (Å²) in [6.07, 6.45) is 4.53. The quantitative estimate of drug-likeness (QED) is 0.389. The molecule has 0 bridgehead atoms. The highest BCUT2D eigenvalue weighted by Gasteiger charge is 2.22. The fraction of sp³-hybridized carbons (Fsp3) is 0.370. The first kappa shape index (κ1) is 23.5. The summed E-state index contributed by atoms with van der Waals surface area (Å²) in [4.78, 5) is 21.4. The lowest BCUT2D eigenvalue weighted by molar-refractivity contribution is 0.328. The van der Waals surface area contributed by atoms with Crippen LogP contribution in [0.3, 0.4) is 0 Å². The van der Waals surface area contributed by atoms with Crippen molar-refractivity contribution >= 4 is 16.7 Å². The monoisotopic (exact) mass is 459 g/mol. The molecule has 4 heterocycles. The van der Waals surface area contributed by atoms with Gasteiger partial charge in [0.25, 0.3) is 0 Å². The molecule has 0 aliphatic rings. The van der Waals surface area contributed by atoms with Crippen LogP contribution in [0.4, 0.5) is 5.69 Å². The van der Waals surface area contributed by atoms with Gasteiger partial charge in [-0.1, -0.05) is 13.0 Å². The maximum absolute atomic E-state index is 11.8. The second kappa shape index (κ2) is 9.71. The number of hydrogen-bond donors (Lipinski definition) is 1. The van der Waals surface area contributed by atoms with Crippen molar-refractivity contribution in [3.63, 3.8) is 0 Å². The first-order valence-corrected chi connectivity index (χ1v) is 11.9. The highest BCUT2D eigenvalue weighted by atomic mass is 16.5. The molecule has 0 aromatic carbocycles. The van der Waals surface area contributed by atoms with E-state index in [4.69, 9.17) is 9.72 Å². The van der Waals surface area contributed by atoms with Gasteiger partial charge in [0, 0.05) is 43.8 Å². The van der Waals surface area contributed by atoms with Gasteiger partial charge in [-0.15, -0.1) is 0 Å². The number of ether oxygens (including phenoxy) is 1. The van der Waals surface area contributed by atoms with Crippen molar-refractivity contribution in [1.29, 1.82) is 0 Å². The van der Waals surface area contributed by atoms with E-state index in [9.17, 15) is 4.79 Å². The molecule has 0 amide bonds. The van der Waals surface area contributed by atoms with Crippen LogP contribution in [0.25, 0.3) is 22.3 Å². The summed E-state index contributed by atoms with van der Waals surface area (Å²) in [6, 6.07) is 9.75. The van der Waals surface area contributed by atoms with Gasteiger partial charge in [-0.05, 0) is 63.4 Å². The van der Waals surface area contributed by atoms with Gasteiger partial charge in [-0.3, -0.25) is 4.79 Å². The van der Waals surface area contributed by atoms with Crippen LogP contribution >= 0.6 is 0 Å². The molecule has 0 spiro atoms. The SMILES string of the molecule is CCOc1ncccc1-c1cc(NCc2ccc(=O)n(C)c2)c2c(n1)c(C)c(CC)n2C(C)C. The van der Waals surface area contributed by atoms with Crippen molar-refractivity contribution in [2.45, 2.75) is 53.6 Å². The van der Waals surface area contributed by atoms with Crippen LogP contribution in [0.5, 0.6) is 5.88 Å². The molecule has 178 valence electrons. The second-order valence-electron chi connectivity index (χ2n) is 8.77. The van der Waals surface area contributed by atoms with Crippen LogP contribution in [-0.4, -0.2) is 25.7 Å². The van der Waals surface area contributed by atoms with Crippen LogP contribution in [0.15, 0.2) is 47.5 Å². The third kappa shape index (κ3) is 4.30. The molecule has 0 unspecified atom stereocenters. The van der Waals surface area contributed by atoms with Crippen LogP contribution < -0.4 is 15.6 Å². The molecular weight excluding hydrogens is 426 g/mol. The van der Waals surface area contributed by atoms with E-state index in [-0.39, 0.29) is 11.6 Å². The van der Waals surface area contributed by atoms with E-state index in [0.717, 1.165) is 40.0 Å². The minimum Gasteiger partial charge on any atom is -0.477 e. The van der Waals surface area contributed by atoms with Gasteiger partial charge in [-0.25, -0.2) is 9.97 Å². The second-order valence-corrected chi connectivity index (χ2v) is 8.77. The van der Waals surface area contributed by atoms with E-state index in [1.807, 2.05) is 31.3 Å². The van der Waals surface area contributed by atoms with Crippen molar-refractivity contribution in [3.8, 4) is 17.1 Å². The van der Waals surface area contributed by atoms with E-state index in [1.54, 1.807) is 23.9 Å². The van der Waals surface area contributed by atoms with Crippen molar-refractivity contribution in [2.24, 2.45) is 7.05 Å². The maximum atomic E-state index is 11.8. The minimum atomic E-state index is -0.0192. The predicted octanol–water partition coefficient (Wildman–Crippen LogP) is 5.26. The Bertz CT molecular complexity index is 1380. The normalized spacial score (nSPS) is 11.4. The molecule has 4 aromatic heterocycles. The van der Waals surface area contributed by atoms with Gasteiger partial charge in [-0.2, -0.15) is 0 Å². The summed E-state index contributed by atoms with van der Waals surface area (Å²) in [5.41, 5.74) is 8.25. The van der Waals surface area contributed by atoms with Gasteiger partial charge < -0.3 is 19.2 Å². The number of aromatic nitrogens is 4. The summed E-state index contributed by atoms with van der Waals surface area (Å²) in [7, 11) is 1.77. The topological polar surface area (TPSA) is 74.0 Å².